The van der Waals surface area contributed by atoms with Crippen LogP contribution >= 0.6 is 0 Å². The molecule has 0 fully saturated rings. The molecule has 0 bridgehead atoms. The summed E-state index contributed by atoms with van der Waals surface area (Å²) in [7, 11) is 0. The van der Waals surface area contributed by atoms with Gasteiger partial charge in [0, 0.05) is 6.54 Å². The van der Waals surface area contributed by atoms with Crippen LogP contribution in [0.25, 0.3) is 0 Å². The van der Waals surface area contributed by atoms with E-state index in [0.29, 0.717) is 12.5 Å². The molecule has 3 N–H and O–H groups in total. The van der Waals surface area contributed by atoms with Gasteiger partial charge < -0.3 is 11.1 Å². The number of nitrogens with one attached hydrogen (secondary N) is 1. The van der Waals surface area contributed by atoms with Gasteiger partial charge in [0.15, 0.2) is 0 Å². The zero-order valence-corrected chi connectivity index (χ0v) is 13.4. The second-order valence-corrected chi connectivity index (χ2v) is 7.01. The fourth-order valence-electron chi connectivity index (χ4n) is 2.60. The molecule has 3 heteroatoms. The van der Waals surface area contributed by atoms with Crippen molar-refractivity contribution in [3.8, 4) is 0 Å². The quantitative estimate of drug-likeness (QED) is 0.839. The van der Waals surface area contributed by atoms with E-state index in [9.17, 15) is 4.79 Å². The number of carbonyl (C=O) groups excluding carboxylic acids is 1. The highest BCUT2D eigenvalue weighted by molar-refractivity contribution is 5.87. The summed E-state index contributed by atoms with van der Waals surface area (Å²) in [6.45, 7) is 11.1. The Hall–Kier alpha value is -1.35. The van der Waals surface area contributed by atoms with Crippen LogP contribution in [0.15, 0.2) is 30.3 Å². The van der Waals surface area contributed by atoms with E-state index in [4.69, 9.17) is 5.73 Å². The number of rotatable bonds is 6. The van der Waals surface area contributed by atoms with Crippen molar-refractivity contribution in [2.45, 2.75) is 46.6 Å². The average Bonchev–Trinajstić information content (AvgIpc) is 2.35. The first-order chi connectivity index (χ1) is 9.15. The molecule has 0 heterocycles. The number of benzene rings is 1. The molecule has 112 valence electrons. The van der Waals surface area contributed by atoms with Gasteiger partial charge in [-0.25, -0.2) is 0 Å². The van der Waals surface area contributed by atoms with Crippen molar-refractivity contribution in [3.63, 3.8) is 0 Å². The van der Waals surface area contributed by atoms with Crippen LogP contribution in [0.4, 0.5) is 0 Å². The number of carbonyl (C=O) groups is 1. The van der Waals surface area contributed by atoms with Gasteiger partial charge >= 0.3 is 0 Å². The fraction of sp³-hybridized carbons (Fsp3) is 0.588. The van der Waals surface area contributed by atoms with E-state index in [1.165, 1.54) is 0 Å². The van der Waals surface area contributed by atoms with Gasteiger partial charge in [0.2, 0.25) is 5.91 Å². The van der Waals surface area contributed by atoms with Crippen LogP contribution in [-0.4, -0.2) is 12.5 Å². The number of amides is 1. The van der Waals surface area contributed by atoms with Crippen molar-refractivity contribution in [2.75, 3.05) is 6.54 Å². The maximum atomic E-state index is 12.4. The zero-order chi connectivity index (χ0) is 15.4. The maximum absolute atomic E-state index is 12.4. The Bertz CT molecular complexity index is 436. The maximum Gasteiger partial charge on any atom is 0.244 e. The topological polar surface area (TPSA) is 55.1 Å². The Morgan fingerprint density at radius 2 is 1.75 bits per heavy atom. The highest BCUT2D eigenvalue weighted by atomic mass is 16.2. The molecule has 3 nitrogen and oxygen atoms in total. The normalized spacial score (nSPS) is 14.9. The zero-order valence-electron chi connectivity index (χ0n) is 13.4. The van der Waals surface area contributed by atoms with Gasteiger partial charge in [-0.3, -0.25) is 4.79 Å². The number of hydrogen-bond acceptors (Lipinski definition) is 2. The number of nitrogens with two attached hydrogens (primary N) is 1. The summed E-state index contributed by atoms with van der Waals surface area (Å²) in [4.78, 5) is 12.4. The molecule has 1 amide bonds. The Morgan fingerprint density at radius 1 is 1.20 bits per heavy atom. The summed E-state index contributed by atoms with van der Waals surface area (Å²) in [5.41, 5.74) is 6.12. The molecule has 1 rings (SSSR count). The molecule has 1 unspecified atom stereocenters. The molecular formula is C17H28N2O. The predicted molar refractivity (Wildman–Crippen MR) is 84.2 cm³/mol. The van der Waals surface area contributed by atoms with Crippen molar-refractivity contribution in [1.29, 1.82) is 0 Å². The number of hydrogen-bond donors (Lipinski definition) is 2. The van der Waals surface area contributed by atoms with E-state index in [0.717, 1.165) is 12.0 Å². The van der Waals surface area contributed by atoms with Crippen molar-refractivity contribution < 1.29 is 4.79 Å². The van der Waals surface area contributed by atoms with Crippen molar-refractivity contribution in [3.05, 3.63) is 35.9 Å². The van der Waals surface area contributed by atoms with E-state index < -0.39 is 5.54 Å². The van der Waals surface area contributed by atoms with Crippen LogP contribution in [0, 0.1) is 11.3 Å². The molecular weight excluding hydrogens is 248 g/mol. The van der Waals surface area contributed by atoms with Crippen LogP contribution in [0.5, 0.6) is 0 Å². The molecule has 0 aliphatic carbocycles. The summed E-state index contributed by atoms with van der Waals surface area (Å²) in [6, 6.07) is 9.49. The largest absolute Gasteiger partial charge is 0.354 e. The lowest BCUT2D eigenvalue weighted by Crippen LogP contribution is -2.51. The van der Waals surface area contributed by atoms with Crippen molar-refractivity contribution in [2.24, 2.45) is 17.1 Å². The predicted octanol–water partition coefficient (Wildman–Crippen LogP) is 3.05. The molecule has 0 aliphatic heterocycles. The molecule has 0 aliphatic rings. The van der Waals surface area contributed by atoms with E-state index in [-0.39, 0.29) is 11.3 Å². The Labute approximate surface area is 122 Å². The first-order valence-corrected chi connectivity index (χ1v) is 7.28. The molecule has 1 atom stereocenters. The smallest absolute Gasteiger partial charge is 0.244 e. The lowest BCUT2D eigenvalue weighted by molar-refractivity contribution is -0.126. The third kappa shape index (κ3) is 4.64. The van der Waals surface area contributed by atoms with Gasteiger partial charge in [0.05, 0.1) is 0 Å². The summed E-state index contributed by atoms with van der Waals surface area (Å²) in [5.74, 6) is 0.487. The van der Waals surface area contributed by atoms with Gasteiger partial charge in [-0.05, 0) is 30.2 Å². The standard InChI is InChI=1S/C17H28N2O/c1-13(2)11-16(3,4)12-19-15(20)17(5,18)14-9-7-6-8-10-14/h6-10,13H,11-12,18H2,1-5H3,(H,19,20). The van der Waals surface area contributed by atoms with Gasteiger partial charge in [0.1, 0.15) is 5.54 Å². The van der Waals surface area contributed by atoms with E-state index in [1.807, 2.05) is 30.3 Å². The van der Waals surface area contributed by atoms with Gasteiger partial charge in [-0.15, -0.1) is 0 Å². The molecule has 0 radical (unpaired) electrons. The Morgan fingerprint density at radius 3 is 2.25 bits per heavy atom. The molecule has 0 spiro atoms. The van der Waals surface area contributed by atoms with Gasteiger partial charge in [-0.1, -0.05) is 58.0 Å². The van der Waals surface area contributed by atoms with Crippen molar-refractivity contribution >= 4 is 5.91 Å². The minimum absolute atomic E-state index is 0.0800. The van der Waals surface area contributed by atoms with E-state index >= 15 is 0 Å². The molecule has 1 aromatic carbocycles. The fourth-order valence-corrected chi connectivity index (χ4v) is 2.60. The third-order valence-electron chi connectivity index (χ3n) is 3.53. The molecule has 1 aromatic rings. The summed E-state index contributed by atoms with van der Waals surface area (Å²) >= 11 is 0. The summed E-state index contributed by atoms with van der Waals surface area (Å²) < 4.78 is 0. The minimum atomic E-state index is -0.991. The molecule has 0 saturated heterocycles. The SMILES string of the molecule is CC(C)CC(C)(C)CNC(=O)C(C)(N)c1ccccc1. The monoisotopic (exact) mass is 276 g/mol. The second kappa shape index (κ2) is 6.40. The van der Waals surface area contributed by atoms with E-state index in [2.05, 4.69) is 33.0 Å². The average molecular weight is 276 g/mol. The van der Waals surface area contributed by atoms with Gasteiger partial charge in [0.25, 0.3) is 0 Å². The summed E-state index contributed by atoms with van der Waals surface area (Å²) in [6.07, 6.45) is 1.07. The molecule has 0 saturated carbocycles. The van der Waals surface area contributed by atoms with Crippen LogP contribution in [-0.2, 0) is 10.3 Å². The van der Waals surface area contributed by atoms with Crippen molar-refractivity contribution in [1.82, 2.24) is 5.32 Å². The first kappa shape index (κ1) is 16.7. The first-order valence-electron chi connectivity index (χ1n) is 7.28. The van der Waals surface area contributed by atoms with Crippen LogP contribution in [0.3, 0.4) is 0 Å². The van der Waals surface area contributed by atoms with Crippen LogP contribution in [0.2, 0.25) is 0 Å². The third-order valence-corrected chi connectivity index (χ3v) is 3.53. The van der Waals surface area contributed by atoms with Crippen LogP contribution < -0.4 is 11.1 Å². The van der Waals surface area contributed by atoms with Crippen LogP contribution in [0.1, 0.15) is 46.6 Å². The van der Waals surface area contributed by atoms with E-state index in [1.54, 1.807) is 6.92 Å². The lowest BCUT2D eigenvalue weighted by Gasteiger charge is -2.30. The second-order valence-electron chi connectivity index (χ2n) is 7.01. The molecule has 20 heavy (non-hydrogen) atoms. The van der Waals surface area contributed by atoms with Gasteiger partial charge in [-0.2, -0.15) is 0 Å². The highest BCUT2D eigenvalue weighted by Crippen LogP contribution is 2.25. The minimum Gasteiger partial charge on any atom is -0.354 e. The molecule has 0 aromatic heterocycles. The Balaban J connectivity index is 2.67. The highest BCUT2D eigenvalue weighted by Gasteiger charge is 2.31. The Kier molecular flexibility index (Phi) is 5.35. The lowest BCUT2D eigenvalue weighted by atomic mass is 9.83. The summed E-state index contributed by atoms with van der Waals surface area (Å²) in [5, 5.41) is 3.00.